The molecular weight excluding hydrogens is 226 g/mol. The maximum absolute atomic E-state index is 12.2. The average Bonchev–Trinajstić information content (AvgIpc) is 2.51. The fourth-order valence-corrected chi connectivity index (χ4v) is 2.88. The Kier molecular flexibility index (Phi) is 4.44. The number of carbonyl (C=O) groups excluding carboxylic acids is 1. The van der Waals surface area contributed by atoms with Crippen LogP contribution in [0.4, 0.5) is 0 Å². The fourth-order valence-electron chi connectivity index (χ4n) is 2.88. The second-order valence-electron chi connectivity index (χ2n) is 6.02. The van der Waals surface area contributed by atoms with Crippen LogP contribution in [0.3, 0.4) is 0 Å². The molecule has 0 spiro atoms. The van der Waals surface area contributed by atoms with Gasteiger partial charge in [-0.05, 0) is 51.9 Å². The van der Waals surface area contributed by atoms with Crippen molar-refractivity contribution in [1.82, 2.24) is 4.90 Å². The zero-order chi connectivity index (χ0) is 13.0. The molecule has 0 radical (unpaired) electrons. The summed E-state index contributed by atoms with van der Waals surface area (Å²) in [6, 6.07) is 0. The highest BCUT2D eigenvalue weighted by molar-refractivity contribution is 5.78. The summed E-state index contributed by atoms with van der Waals surface area (Å²) in [6.45, 7) is 3.39. The molecule has 0 aromatic carbocycles. The number of aliphatic hydroxyl groups is 1. The van der Waals surface area contributed by atoms with Gasteiger partial charge in [-0.3, -0.25) is 4.79 Å². The second kappa shape index (κ2) is 5.87. The van der Waals surface area contributed by atoms with Crippen LogP contribution in [0.1, 0.15) is 58.3 Å². The largest absolute Gasteiger partial charge is 0.390 e. The first kappa shape index (κ1) is 13.6. The van der Waals surface area contributed by atoms with Crippen LogP contribution in [0, 0.1) is 0 Å². The summed E-state index contributed by atoms with van der Waals surface area (Å²) in [5.41, 5.74) is 0.737. The highest BCUT2D eigenvalue weighted by Gasteiger charge is 2.27. The fraction of sp³-hybridized carbons (Fsp3) is 0.800. The number of hydrogen-bond acceptors (Lipinski definition) is 2. The highest BCUT2D eigenvalue weighted by Crippen LogP contribution is 2.24. The third kappa shape index (κ3) is 3.84. The van der Waals surface area contributed by atoms with Crippen LogP contribution >= 0.6 is 0 Å². The molecule has 1 aliphatic heterocycles. The highest BCUT2D eigenvalue weighted by atomic mass is 16.3. The van der Waals surface area contributed by atoms with Crippen molar-refractivity contribution < 1.29 is 9.90 Å². The summed E-state index contributed by atoms with van der Waals surface area (Å²) in [5.74, 6) is 0.251. The predicted octanol–water partition coefficient (Wildman–Crippen LogP) is 2.64. The number of allylic oxidation sites excluding steroid dienone is 1. The van der Waals surface area contributed by atoms with Gasteiger partial charge in [0.05, 0.1) is 5.60 Å². The SMILES string of the molecule is CC1(O)CCCN(C(=O)CC2=CCCCC2)CC1. The van der Waals surface area contributed by atoms with Crippen LogP contribution < -0.4 is 0 Å². The van der Waals surface area contributed by atoms with Gasteiger partial charge in [-0.1, -0.05) is 11.6 Å². The van der Waals surface area contributed by atoms with Gasteiger partial charge in [0.2, 0.25) is 5.91 Å². The van der Waals surface area contributed by atoms with Crippen LogP contribution in [-0.2, 0) is 4.79 Å². The van der Waals surface area contributed by atoms with Gasteiger partial charge in [0.25, 0.3) is 0 Å². The molecule has 1 saturated heterocycles. The molecule has 102 valence electrons. The predicted molar refractivity (Wildman–Crippen MR) is 72.2 cm³/mol. The van der Waals surface area contributed by atoms with Crippen LogP contribution in [-0.4, -0.2) is 34.6 Å². The third-order valence-electron chi connectivity index (χ3n) is 4.18. The minimum Gasteiger partial charge on any atom is -0.390 e. The van der Waals surface area contributed by atoms with Gasteiger partial charge in [0.15, 0.2) is 0 Å². The smallest absolute Gasteiger partial charge is 0.226 e. The van der Waals surface area contributed by atoms with Gasteiger partial charge in [0, 0.05) is 19.5 Å². The minimum atomic E-state index is -0.584. The lowest BCUT2D eigenvalue weighted by Crippen LogP contribution is -2.33. The van der Waals surface area contributed by atoms with E-state index in [1.54, 1.807) is 0 Å². The van der Waals surface area contributed by atoms with E-state index in [0.717, 1.165) is 32.2 Å². The molecule has 3 heteroatoms. The maximum Gasteiger partial charge on any atom is 0.226 e. The molecule has 2 aliphatic rings. The molecule has 1 aliphatic carbocycles. The van der Waals surface area contributed by atoms with Gasteiger partial charge in [-0.25, -0.2) is 0 Å². The summed E-state index contributed by atoms with van der Waals surface area (Å²) in [5, 5.41) is 10.0. The van der Waals surface area contributed by atoms with Crippen LogP contribution in [0.15, 0.2) is 11.6 Å². The Morgan fingerprint density at radius 1 is 1.33 bits per heavy atom. The summed E-state index contributed by atoms with van der Waals surface area (Å²) in [6.07, 6.45) is 10.00. The van der Waals surface area contributed by atoms with E-state index in [1.165, 1.54) is 18.4 Å². The minimum absolute atomic E-state index is 0.251. The molecule has 0 saturated carbocycles. The molecule has 3 nitrogen and oxygen atoms in total. The zero-order valence-electron chi connectivity index (χ0n) is 11.5. The van der Waals surface area contributed by atoms with Crippen molar-refractivity contribution in [2.45, 2.75) is 63.9 Å². The molecule has 0 bridgehead atoms. The molecular formula is C15H25NO2. The first-order chi connectivity index (χ1) is 8.57. The quantitative estimate of drug-likeness (QED) is 0.766. The van der Waals surface area contributed by atoms with Crippen molar-refractivity contribution in [2.75, 3.05) is 13.1 Å². The molecule has 1 fully saturated rings. The van der Waals surface area contributed by atoms with Gasteiger partial charge in [-0.2, -0.15) is 0 Å². The van der Waals surface area contributed by atoms with E-state index in [9.17, 15) is 9.90 Å². The summed E-state index contributed by atoms with van der Waals surface area (Å²) in [7, 11) is 0. The number of nitrogens with zero attached hydrogens (tertiary/aromatic N) is 1. The average molecular weight is 251 g/mol. The Morgan fingerprint density at radius 2 is 2.17 bits per heavy atom. The number of carbonyl (C=O) groups is 1. The van der Waals surface area contributed by atoms with Gasteiger partial charge >= 0.3 is 0 Å². The van der Waals surface area contributed by atoms with E-state index in [0.29, 0.717) is 19.4 Å². The van der Waals surface area contributed by atoms with Crippen molar-refractivity contribution in [1.29, 1.82) is 0 Å². The topological polar surface area (TPSA) is 40.5 Å². The van der Waals surface area contributed by atoms with E-state index in [-0.39, 0.29) is 5.91 Å². The van der Waals surface area contributed by atoms with E-state index in [1.807, 2.05) is 11.8 Å². The summed E-state index contributed by atoms with van der Waals surface area (Å²) in [4.78, 5) is 14.2. The normalized spacial score (nSPS) is 29.7. The molecule has 0 aromatic heterocycles. The standard InChI is InChI=1S/C15H25NO2/c1-15(18)8-5-10-16(11-9-15)14(17)12-13-6-3-2-4-7-13/h6,18H,2-5,7-12H2,1H3. The van der Waals surface area contributed by atoms with Gasteiger partial charge in [-0.15, -0.1) is 0 Å². The van der Waals surface area contributed by atoms with Crippen molar-refractivity contribution in [3.63, 3.8) is 0 Å². The van der Waals surface area contributed by atoms with E-state index >= 15 is 0 Å². The lowest BCUT2D eigenvalue weighted by atomic mass is 9.96. The Hall–Kier alpha value is -0.830. The second-order valence-corrected chi connectivity index (χ2v) is 6.02. The number of rotatable bonds is 2. The molecule has 1 amide bonds. The summed E-state index contributed by atoms with van der Waals surface area (Å²) < 4.78 is 0. The van der Waals surface area contributed by atoms with E-state index in [2.05, 4.69) is 6.08 Å². The van der Waals surface area contributed by atoms with Crippen LogP contribution in [0.5, 0.6) is 0 Å². The molecule has 1 heterocycles. The molecule has 1 atom stereocenters. The molecule has 2 rings (SSSR count). The molecule has 18 heavy (non-hydrogen) atoms. The number of hydrogen-bond donors (Lipinski definition) is 1. The van der Waals surface area contributed by atoms with E-state index in [4.69, 9.17) is 0 Å². The third-order valence-corrected chi connectivity index (χ3v) is 4.18. The lowest BCUT2D eigenvalue weighted by Gasteiger charge is -2.23. The van der Waals surface area contributed by atoms with Crippen molar-refractivity contribution in [2.24, 2.45) is 0 Å². The first-order valence-electron chi connectivity index (χ1n) is 7.25. The van der Waals surface area contributed by atoms with Crippen molar-refractivity contribution in [3.8, 4) is 0 Å². The Labute approximate surface area is 110 Å². The molecule has 0 aromatic rings. The van der Waals surface area contributed by atoms with Crippen molar-refractivity contribution >= 4 is 5.91 Å². The maximum atomic E-state index is 12.2. The van der Waals surface area contributed by atoms with Gasteiger partial charge in [0.1, 0.15) is 0 Å². The Morgan fingerprint density at radius 3 is 2.89 bits per heavy atom. The van der Waals surface area contributed by atoms with Crippen LogP contribution in [0.25, 0.3) is 0 Å². The van der Waals surface area contributed by atoms with E-state index < -0.39 is 5.60 Å². The first-order valence-corrected chi connectivity index (χ1v) is 7.25. The Bertz CT molecular complexity index is 333. The lowest BCUT2D eigenvalue weighted by molar-refractivity contribution is -0.130. The Balaban J connectivity index is 1.87. The molecule has 1 N–H and O–H groups in total. The zero-order valence-corrected chi connectivity index (χ0v) is 11.5. The molecule has 1 unspecified atom stereocenters. The monoisotopic (exact) mass is 251 g/mol. The van der Waals surface area contributed by atoms with Crippen LogP contribution in [0.2, 0.25) is 0 Å². The number of likely N-dealkylation sites (tertiary alicyclic amines) is 1. The number of amides is 1. The van der Waals surface area contributed by atoms with Gasteiger partial charge < -0.3 is 10.0 Å². The summed E-state index contributed by atoms with van der Waals surface area (Å²) >= 11 is 0. The van der Waals surface area contributed by atoms with Crippen molar-refractivity contribution in [3.05, 3.63) is 11.6 Å².